The van der Waals surface area contributed by atoms with E-state index in [-0.39, 0.29) is 23.0 Å². The smallest absolute Gasteiger partial charge is 0.340 e. The number of rotatable bonds is 3. The molecular weight excluding hydrogens is 348 g/mol. The summed E-state index contributed by atoms with van der Waals surface area (Å²) in [6.45, 7) is 1.88. The lowest BCUT2D eigenvalue weighted by molar-refractivity contribution is 0.174. The Hall–Kier alpha value is -3.00. The van der Waals surface area contributed by atoms with Gasteiger partial charge in [-0.2, -0.15) is 8.42 Å². The Morgan fingerprint density at radius 2 is 1.68 bits per heavy atom. The normalized spacial score (nSPS) is 13.2. The molecule has 0 spiro atoms. The van der Waals surface area contributed by atoms with Crippen LogP contribution in [0.2, 0.25) is 0 Å². The van der Waals surface area contributed by atoms with Gasteiger partial charge >= 0.3 is 15.7 Å². The maximum absolute atomic E-state index is 12.5. The summed E-state index contributed by atoms with van der Waals surface area (Å²) in [6.07, 6.45) is 0. The molecule has 0 fully saturated rings. The van der Waals surface area contributed by atoms with Gasteiger partial charge in [-0.1, -0.05) is 17.7 Å². The molecule has 0 N–H and O–H groups in total. The SMILES string of the molecule is Cc1ccc(S(=O)(=O)Oc2cc(=O)oc3cc4c(cc23)OCO4)cc1. The quantitative estimate of drug-likeness (QED) is 0.523. The monoisotopic (exact) mass is 360 g/mol. The Kier molecular flexibility index (Phi) is 3.43. The third kappa shape index (κ3) is 2.80. The summed E-state index contributed by atoms with van der Waals surface area (Å²) in [4.78, 5) is 11.7. The molecule has 1 aromatic heterocycles. The predicted molar refractivity (Wildman–Crippen MR) is 87.6 cm³/mol. The summed E-state index contributed by atoms with van der Waals surface area (Å²) < 4.78 is 45.8. The van der Waals surface area contributed by atoms with Gasteiger partial charge in [-0.05, 0) is 25.1 Å². The van der Waals surface area contributed by atoms with E-state index in [1.807, 2.05) is 6.92 Å². The molecule has 0 radical (unpaired) electrons. The van der Waals surface area contributed by atoms with Crippen LogP contribution < -0.4 is 19.3 Å². The van der Waals surface area contributed by atoms with Crippen molar-refractivity contribution >= 4 is 21.1 Å². The fraction of sp³-hybridized carbons (Fsp3) is 0.118. The van der Waals surface area contributed by atoms with E-state index >= 15 is 0 Å². The summed E-state index contributed by atoms with van der Waals surface area (Å²) in [6, 6.07) is 10.2. The van der Waals surface area contributed by atoms with Crippen molar-refractivity contribution in [2.24, 2.45) is 0 Å². The van der Waals surface area contributed by atoms with Crippen molar-refractivity contribution in [3.05, 3.63) is 58.4 Å². The number of fused-ring (bicyclic) bond motifs is 2. The molecule has 0 aliphatic carbocycles. The first-order valence-corrected chi connectivity index (χ1v) is 8.72. The lowest BCUT2D eigenvalue weighted by Gasteiger charge is -2.09. The molecule has 4 rings (SSSR count). The van der Waals surface area contributed by atoms with E-state index in [1.54, 1.807) is 12.1 Å². The van der Waals surface area contributed by atoms with E-state index in [0.29, 0.717) is 16.9 Å². The lowest BCUT2D eigenvalue weighted by atomic mass is 10.2. The summed E-state index contributed by atoms with van der Waals surface area (Å²) in [5.41, 5.74) is 0.323. The van der Waals surface area contributed by atoms with Gasteiger partial charge in [0.25, 0.3) is 0 Å². The molecule has 0 unspecified atom stereocenters. The average molecular weight is 360 g/mol. The highest BCUT2D eigenvalue weighted by Gasteiger charge is 2.22. The van der Waals surface area contributed by atoms with Gasteiger partial charge in [0.15, 0.2) is 17.2 Å². The Bertz CT molecular complexity index is 1130. The molecule has 128 valence electrons. The van der Waals surface area contributed by atoms with Crippen LogP contribution in [0.3, 0.4) is 0 Å². The van der Waals surface area contributed by atoms with Crippen LogP contribution in [0.5, 0.6) is 17.2 Å². The Labute approximate surface area is 142 Å². The second kappa shape index (κ2) is 5.52. The van der Waals surface area contributed by atoms with Gasteiger partial charge in [0.05, 0.1) is 11.5 Å². The highest BCUT2D eigenvalue weighted by atomic mass is 32.2. The maximum atomic E-state index is 12.5. The van der Waals surface area contributed by atoms with Crippen LogP contribution in [0, 0.1) is 6.92 Å². The first kappa shape index (κ1) is 15.5. The highest BCUT2D eigenvalue weighted by Crippen LogP contribution is 2.39. The number of benzene rings is 2. The molecule has 0 amide bonds. The van der Waals surface area contributed by atoms with Crippen LogP contribution in [-0.2, 0) is 10.1 Å². The highest BCUT2D eigenvalue weighted by molar-refractivity contribution is 7.87. The number of ether oxygens (including phenoxy) is 2. The molecule has 2 heterocycles. The molecule has 0 bridgehead atoms. The second-order valence-electron chi connectivity index (χ2n) is 5.48. The Balaban J connectivity index is 1.83. The van der Waals surface area contributed by atoms with Gasteiger partial charge in [0, 0.05) is 6.07 Å². The van der Waals surface area contributed by atoms with E-state index < -0.39 is 15.7 Å². The molecule has 0 saturated carbocycles. The molecule has 1 aliphatic heterocycles. The van der Waals surface area contributed by atoms with Crippen molar-refractivity contribution in [3.8, 4) is 17.2 Å². The third-order valence-corrected chi connectivity index (χ3v) is 4.96. The minimum atomic E-state index is -4.11. The number of hydrogen-bond donors (Lipinski definition) is 0. The molecule has 0 atom stereocenters. The zero-order valence-corrected chi connectivity index (χ0v) is 13.8. The van der Waals surface area contributed by atoms with Crippen LogP contribution in [0.1, 0.15) is 5.56 Å². The molecule has 3 aromatic rings. The summed E-state index contributed by atoms with van der Waals surface area (Å²) in [5.74, 6) is 0.693. The second-order valence-corrected chi connectivity index (χ2v) is 7.03. The predicted octanol–water partition coefficient (Wildman–Crippen LogP) is 2.60. The zero-order chi connectivity index (χ0) is 17.6. The standard InChI is InChI=1S/C17H12O7S/c1-10-2-4-11(5-3-10)25(19,20)24-14-8-17(18)23-13-7-16-15(6-12(13)14)21-9-22-16/h2-8H,9H2,1H3. The van der Waals surface area contributed by atoms with Crippen LogP contribution in [0.15, 0.2) is 56.6 Å². The van der Waals surface area contributed by atoms with Crippen molar-refractivity contribution in [2.45, 2.75) is 11.8 Å². The van der Waals surface area contributed by atoms with Gasteiger partial charge < -0.3 is 18.1 Å². The van der Waals surface area contributed by atoms with Crippen molar-refractivity contribution in [3.63, 3.8) is 0 Å². The molecule has 2 aromatic carbocycles. The lowest BCUT2D eigenvalue weighted by Crippen LogP contribution is -2.11. The van der Waals surface area contributed by atoms with Gasteiger partial charge in [-0.15, -0.1) is 0 Å². The van der Waals surface area contributed by atoms with Gasteiger partial charge in [-0.25, -0.2) is 4.79 Å². The Morgan fingerprint density at radius 3 is 2.40 bits per heavy atom. The molecule has 1 aliphatic rings. The minimum Gasteiger partial charge on any atom is -0.454 e. The fourth-order valence-corrected chi connectivity index (χ4v) is 3.40. The van der Waals surface area contributed by atoms with Gasteiger partial charge in [0.2, 0.25) is 6.79 Å². The summed E-state index contributed by atoms with van der Waals surface area (Å²) in [7, 11) is -4.11. The average Bonchev–Trinajstić information content (AvgIpc) is 3.00. The largest absolute Gasteiger partial charge is 0.454 e. The minimum absolute atomic E-state index is 0.0137. The van der Waals surface area contributed by atoms with E-state index in [2.05, 4.69) is 0 Å². The molecule has 7 nitrogen and oxygen atoms in total. The van der Waals surface area contributed by atoms with Crippen molar-refractivity contribution < 1.29 is 26.5 Å². The van der Waals surface area contributed by atoms with E-state index in [4.69, 9.17) is 18.1 Å². The molecule has 25 heavy (non-hydrogen) atoms. The first-order chi connectivity index (χ1) is 11.9. The first-order valence-electron chi connectivity index (χ1n) is 7.31. The van der Waals surface area contributed by atoms with Crippen molar-refractivity contribution in [1.82, 2.24) is 0 Å². The van der Waals surface area contributed by atoms with E-state index in [9.17, 15) is 13.2 Å². The zero-order valence-electron chi connectivity index (χ0n) is 13.0. The number of aryl methyl sites for hydroxylation is 1. The van der Waals surface area contributed by atoms with Crippen LogP contribution in [0.25, 0.3) is 11.0 Å². The molecule has 8 heteroatoms. The fourth-order valence-electron chi connectivity index (χ4n) is 2.46. The van der Waals surface area contributed by atoms with Gasteiger partial charge in [-0.3, -0.25) is 0 Å². The topological polar surface area (TPSA) is 92.0 Å². The summed E-state index contributed by atoms with van der Waals surface area (Å²) >= 11 is 0. The van der Waals surface area contributed by atoms with Gasteiger partial charge in [0.1, 0.15) is 10.5 Å². The van der Waals surface area contributed by atoms with E-state index in [0.717, 1.165) is 11.6 Å². The van der Waals surface area contributed by atoms with Crippen LogP contribution in [-0.4, -0.2) is 15.2 Å². The van der Waals surface area contributed by atoms with Crippen LogP contribution in [0.4, 0.5) is 0 Å². The third-order valence-electron chi connectivity index (χ3n) is 3.71. The molecule has 0 saturated heterocycles. The molecular formula is C17H12O7S. The van der Waals surface area contributed by atoms with E-state index in [1.165, 1.54) is 24.3 Å². The van der Waals surface area contributed by atoms with Crippen molar-refractivity contribution in [1.29, 1.82) is 0 Å². The maximum Gasteiger partial charge on any atom is 0.340 e. The van der Waals surface area contributed by atoms with Crippen LogP contribution >= 0.6 is 0 Å². The Morgan fingerprint density at radius 1 is 1.00 bits per heavy atom. The number of hydrogen-bond acceptors (Lipinski definition) is 7. The summed E-state index contributed by atoms with van der Waals surface area (Å²) in [5, 5.41) is 0.291. The van der Waals surface area contributed by atoms with Crippen molar-refractivity contribution in [2.75, 3.05) is 6.79 Å².